The van der Waals surface area contributed by atoms with Gasteiger partial charge in [0.25, 0.3) is 0 Å². The van der Waals surface area contributed by atoms with E-state index in [-0.39, 0.29) is 11.5 Å². The molecule has 0 aliphatic carbocycles. The fourth-order valence-electron chi connectivity index (χ4n) is 2.25. The van der Waals surface area contributed by atoms with Crippen LogP contribution >= 0.6 is 0 Å². The third-order valence-electron chi connectivity index (χ3n) is 3.21. The fourth-order valence-corrected chi connectivity index (χ4v) is 2.25. The van der Waals surface area contributed by atoms with Crippen LogP contribution in [0.25, 0.3) is 22.0 Å². The summed E-state index contributed by atoms with van der Waals surface area (Å²) in [6, 6.07) is 13.2. The van der Waals surface area contributed by atoms with Gasteiger partial charge in [0.2, 0.25) is 0 Å². The lowest BCUT2D eigenvalue weighted by Gasteiger charge is -2.10. The molecule has 18 heavy (non-hydrogen) atoms. The molecule has 0 unspecified atom stereocenters. The van der Waals surface area contributed by atoms with E-state index in [0.717, 1.165) is 11.1 Å². The van der Waals surface area contributed by atoms with Gasteiger partial charge in [-0.25, -0.2) is 0 Å². The molecule has 3 nitrogen and oxygen atoms in total. The fraction of sp³-hybridized carbons (Fsp3) is 0.0667. The monoisotopic (exact) mass is 239 g/mol. The highest BCUT2D eigenvalue weighted by molar-refractivity contribution is 5.95. The lowest BCUT2D eigenvalue weighted by atomic mass is 10.0. The predicted molar refractivity (Wildman–Crippen MR) is 71.7 cm³/mol. The van der Waals surface area contributed by atoms with Crippen LogP contribution in [0.4, 0.5) is 0 Å². The normalized spacial score (nSPS) is 10.9. The summed E-state index contributed by atoms with van der Waals surface area (Å²) >= 11 is 0. The highest BCUT2D eigenvalue weighted by Crippen LogP contribution is 2.41. The molecular formula is C15H13NO2. The highest BCUT2D eigenvalue weighted by Gasteiger charge is 2.14. The van der Waals surface area contributed by atoms with Crippen molar-refractivity contribution in [2.45, 2.75) is 0 Å². The molecule has 0 aliphatic rings. The smallest absolute Gasteiger partial charge is 0.167 e. The summed E-state index contributed by atoms with van der Waals surface area (Å²) < 4.78 is 1.91. The van der Waals surface area contributed by atoms with Crippen LogP contribution in [0.1, 0.15) is 0 Å². The zero-order chi connectivity index (χ0) is 12.7. The number of hydrogen-bond acceptors (Lipinski definition) is 2. The van der Waals surface area contributed by atoms with Gasteiger partial charge in [-0.2, -0.15) is 0 Å². The molecule has 0 bridgehead atoms. The van der Waals surface area contributed by atoms with E-state index in [2.05, 4.69) is 0 Å². The average Bonchev–Trinajstić information content (AvgIpc) is 2.80. The first-order valence-electron chi connectivity index (χ1n) is 5.74. The Morgan fingerprint density at radius 1 is 0.944 bits per heavy atom. The van der Waals surface area contributed by atoms with E-state index in [1.165, 1.54) is 0 Å². The third-order valence-corrected chi connectivity index (χ3v) is 3.21. The lowest BCUT2D eigenvalue weighted by Crippen LogP contribution is -1.90. The van der Waals surface area contributed by atoms with E-state index in [4.69, 9.17) is 0 Å². The van der Waals surface area contributed by atoms with Gasteiger partial charge in [0, 0.05) is 24.2 Å². The molecule has 0 aliphatic heterocycles. The maximum Gasteiger partial charge on any atom is 0.167 e. The number of rotatable bonds is 1. The summed E-state index contributed by atoms with van der Waals surface area (Å²) in [5.74, 6) is -0.139. The Morgan fingerprint density at radius 3 is 2.44 bits per heavy atom. The van der Waals surface area contributed by atoms with Crippen molar-refractivity contribution in [3.05, 3.63) is 48.7 Å². The van der Waals surface area contributed by atoms with Gasteiger partial charge < -0.3 is 14.8 Å². The minimum Gasteiger partial charge on any atom is -0.504 e. The van der Waals surface area contributed by atoms with Crippen molar-refractivity contribution in [3.63, 3.8) is 0 Å². The number of aryl methyl sites for hydroxylation is 1. The van der Waals surface area contributed by atoms with Gasteiger partial charge in [-0.15, -0.1) is 0 Å². The maximum atomic E-state index is 10.1. The van der Waals surface area contributed by atoms with Crippen LogP contribution in [-0.2, 0) is 7.05 Å². The summed E-state index contributed by atoms with van der Waals surface area (Å²) in [6.07, 6.45) is 1.90. The average molecular weight is 239 g/mol. The molecule has 90 valence electrons. The van der Waals surface area contributed by atoms with Gasteiger partial charge in [-0.3, -0.25) is 0 Å². The van der Waals surface area contributed by atoms with Crippen molar-refractivity contribution in [2.75, 3.05) is 0 Å². The van der Waals surface area contributed by atoms with Crippen LogP contribution in [0.2, 0.25) is 0 Å². The Balaban J connectivity index is 2.38. The van der Waals surface area contributed by atoms with Crippen molar-refractivity contribution in [1.29, 1.82) is 0 Å². The third kappa shape index (κ3) is 1.44. The summed E-state index contributed by atoms with van der Waals surface area (Å²) in [5.41, 5.74) is 1.51. The molecule has 0 saturated heterocycles. The second-order valence-corrected chi connectivity index (χ2v) is 4.35. The van der Waals surface area contributed by atoms with Crippen molar-refractivity contribution < 1.29 is 10.2 Å². The molecule has 0 spiro atoms. The van der Waals surface area contributed by atoms with Crippen molar-refractivity contribution in [1.82, 2.24) is 4.57 Å². The first-order valence-corrected chi connectivity index (χ1v) is 5.74. The minimum atomic E-state index is -0.0736. The van der Waals surface area contributed by atoms with Gasteiger partial charge >= 0.3 is 0 Å². The Bertz CT molecular complexity index is 728. The molecule has 3 aromatic rings. The van der Waals surface area contributed by atoms with Gasteiger partial charge in [-0.1, -0.05) is 24.3 Å². The lowest BCUT2D eigenvalue weighted by molar-refractivity contribution is 0.409. The van der Waals surface area contributed by atoms with Crippen LogP contribution < -0.4 is 0 Å². The van der Waals surface area contributed by atoms with Crippen molar-refractivity contribution in [2.24, 2.45) is 7.05 Å². The molecule has 1 aromatic heterocycles. The number of hydrogen-bond donors (Lipinski definition) is 2. The Morgan fingerprint density at radius 2 is 1.72 bits per heavy atom. The van der Waals surface area contributed by atoms with Crippen molar-refractivity contribution in [3.8, 4) is 22.8 Å². The molecule has 0 saturated carbocycles. The van der Waals surface area contributed by atoms with Crippen LogP contribution in [-0.4, -0.2) is 14.8 Å². The van der Waals surface area contributed by atoms with Gasteiger partial charge in [-0.05, 0) is 23.6 Å². The molecule has 3 rings (SSSR count). The van der Waals surface area contributed by atoms with Crippen LogP contribution in [0.15, 0.2) is 48.7 Å². The van der Waals surface area contributed by atoms with Gasteiger partial charge in [0.15, 0.2) is 11.5 Å². The topological polar surface area (TPSA) is 45.4 Å². The molecule has 0 radical (unpaired) electrons. The minimum absolute atomic E-state index is 0.0655. The zero-order valence-corrected chi connectivity index (χ0v) is 9.96. The molecule has 0 fully saturated rings. The Kier molecular flexibility index (Phi) is 2.27. The summed E-state index contributed by atoms with van der Waals surface area (Å²) in [4.78, 5) is 0. The molecule has 1 heterocycles. The predicted octanol–water partition coefficient (Wildman–Crippen LogP) is 3.26. The van der Waals surface area contributed by atoms with E-state index in [1.54, 1.807) is 6.07 Å². The quantitative estimate of drug-likeness (QED) is 0.640. The number of phenols is 2. The number of aromatic nitrogens is 1. The van der Waals surface area contributed by atoms with E-state index < -0.39 is 0 Å². The van der Waals surface area contributed by atoms with Crippen LogP contribution in [0.3, 0.4) is 0 Å². The van der Waals surface area contributed by atoms with Crippen LogP contribution in [0.5, 0.6) is 11.5 Å². The standard InChI is InChI=1S/C15H13NO2/c1-16-8-4-7-13(16)12-9-10-5-2-3-6-11(10)14(17)15(12)18/h2-9,17-18H,1H3. The van der Waals surface area contributed by atoms with Gasteiger partial charge in [0.1, 0.15) is 0 Å². The van der Waals surface area contributed by atoms with Gasteiger partial charge in [0.05, 0.1) is 5.69 Å². The zero-order valence-electron chi connectivity index (χ0n) is 9.96. The summed E-state index contributed by atoms with van der Waals surface area (Å²) in [6.45, 7) is 0. The highest BCUT2D eigenvalue weighted by atomic mass is 16.3. The Labute approximate surface area is 105 Å². The first-order chi connectivity index (χ1) is 8.68. The molecule has 3 heteroatoms. The number of aromatic hydroxyl groups is 2. The molecule has 2 aromatic carbocycles. The number of benzene rings is 2. The second-order valence-electron chi connectivity index (χ2n) is 4.35. The van der Waals surface area contributed by atoms with Crippen LogP contribution in [0, 0.1) is 0 Å². The molecule has 2 N–H and O–H groups in total. The van der Waals surface area contributed by atoms with Crippen molar-refractivity contribution >= 4 is 10.8 Å². The summed E-state index contributed by atoms with van der Waals surface area (Å²) in [7, 11) is 1.90. The molecule has 0 amide bonds. The number of fused-ring (bicyclic) bond motifs is 1. The number of nitrogens with zero attached hydrogens (tertiary/aromatic N) is 1. The van der Waals surface area contributed by atoms with E-state index in [0.29, 0.717) is 10.9 Å². The molecular weight excluding hydrogens is 226 g/mol. The maximum absolute atomic E-state index is 10.1. The Hall–Kier alpha value is -2.42. The SMILES string of the molecule is Cn1cccc1-c1cc2ccccc2c(O)c1O. The summed E-state index contributed by atoms with van der Waals surface area (Å²) in [5, 5.41) is 21.8. The van der Waals surface area contributed by atoms with E-state index >= 15 is 0 Å². The second kappa shape index (κ2) is 3.81. The van der Waals surface area contributed by atoms with E-state index in [9.17, 15) is 10.2 Å². The van der Waals surface area contributed by atoms with E-state index in [1.807, 2.05) is 54.2 Å². The first kappa shape index (κ1) is 10.7. The number of phenolic OH excluding ortho intramolecular Hbond substituents is 2. The molecule has 0 atom stereocenters. The largest absolute Gasteiger partial charge is 0.504 e.